The van der Waals surface area contributed by atoms with Crippen LogP contribution in [0.5, 0.6) is 5.75 Å². The molecule has 0 saturated heterocycles. The average molecular weight is 284 g/mol. The highest BCUT2D eigenvalue weighted by atomic mass is 16.5. The number of likely N-dealkylation sites (N-methyl/N-ethyl adjacent to an activating group) is 1. The van der Waals surface area contributed by atoms with Gasteiger partial charge in [0.25, 0.3) is 0 Å². The van der Waals surface area contributed by atoms with E-state index in [1.165, 1.54) is 5.56 Å². The SMILES string of the molecule is CCNC(C)Cc1ccc(OCc2ncccc2C)cc1. The van der Waals surface area contributed by atoms with Crippen LogP contribution in [-0.2, 0) is 13.0 Å². The molecule has 1 unspecified atom stereocenters. The molecule has 0 aliphatic carbocycles. The van der Waals surface area contributed by atoms with Gasteiger partial charge in [-0.3, -0.25) is 4.98 Å². The van der Waals surface area contributed by atoms with Crippen LogP contribution in [0.15, 0.2) is 42.6 Å². The average Bonchev–Trinajstić information content (AvgIpc) is 2.48. The number of aromatic nitrogens is 1. The summed E-state index contributed by atoms with van der Waals surface area (Å²) in [6.45, 7) is 7.91. The molecule has 3 heteroatoms. The number of benzene rings is 1. The lowest BCUT2D eigenvalue weighted by atomic mass is 10.1. The standard InChI is InChI=1S/C18H24N2O/c1-4-19-15(3)12-16-7-9-17(10-8-16)21-13-18-14(2)6-5-11-20-18/h5-11,15,19H,4,12-13H2,1-3H3. The summed E-state index contributed by atoms with van der Waals surface area (Å²) < 4.78 is 5.80. The second-order valence-electron chi connectivity index (χ2n) is 5.36. The van der Waals surface area contributed by atoms with Crippen LogP contribution in [0.25, 0.3) is 0 Å². The van der Waals surface area contributed by atoms with Gasteiger partial charge in [-0.25, -0.2) is 0 Å². The highest BCUT2D eigenvalue weighted by Crippen LogP contribution is 2.15. The van der Waals surface area contributed by atoms with Gasteiger partial charge >= 0.3 is 0 Å². The van der Waals surface area contributed by atoms with Crippen LogP contribution in [0.1, 0.15) is 30.7 Å². The number of rotatable bonds is 7. The maximum atomic E-state index is 5.80. The van der Waals surface area contributed by atoms with Crippen LogP contribution >= 0.6 is 0 Å². The van der Waals surface area contributed by atoms with E-state index >= 15 is 0 Å². The zero-order valence-electron chi connectivity index (χ0n) is 13.1. The smallest absolute Gasteiger partial charge is 0.130 e. The van der Waals surface area contributed by atoms with Gasteiger partial charge in [0.1, 0.15) is 12.4 Å². The molecule has 112 valence electrons. The molecule has 2 rings (SSSR count). The van der Waals surface area contributed by atoms with Crippen molar-refractivity contribution < 1.29 is 4.74 Å². The van der Waals surface area contributed by atoms with Gasteiger partial charge in [-0.05, 0) is 56.1 Å². The first kappa shape index (κ1) is 15.5. The fourth-order valence-corrected chi connectivity index (χ4v) is 2.32. The first-order valence-electron chi connectivity index (χ1n) is 7.54. The molecule has 1 aromatic heterocycles. The van der Waals surface area contributed by atoms with Crippen molar-refractivity contribution >= 4 is 0 Å². The van der Waals surface area contributed by atoms with Crippen molar-refractivity contribution in [2.45, 2.75) is 39.8 Å². The van der Waals surface area contributed by atoms with Crippen molar-refractivity contribution in [3.8, 4) is 5.75 Å². The lowest BCUT2D eigenvalue weighted by Gasteiger charge is -2.13. The monoisotopic (exact) mass is 284 g/mol. The largest absolute Gasteiger partial charge is 0.487 e. The number of aryl methyl sites for hydroxylation is 1. The maximum Gasteiger partial charge on any atom is 0.130 e. The maximum absolute atomic E-state index is 5.80. The summed E-state index contributed by atoms with van der Waals surface area (Å²) >= 11 is 0. The van der Waals surface area contributed by atoms with Crippen LogP contribution in [0, 0.1) is 6.92 Å². The van der Waals surface area contributed by atoms with E-state index in [2.05, 4.69) is 49.3 Å². The van der Waals surface area contributed by atoms with Gasteiger partial charge in [0.05, 0.1) is 5.69 Å². The molecule has 0 aliphatic heterocycles. The van der Waals surface area contributed by atoms with Gasteiger partial charge in [-0.1, -0.05) is 25.1 Å². The summed E-state index contributed by atoms with van der Waals surface area (Å²) in [7, 11) is 0. The molecule has 0 spiro atoms. The van der Waals surface area contributed by atoms with Gasteiger partial charge in [0, 0.05) is 12.2 Å². The van der Waals surface area contributed by atoms with Crippen LogP contribution in [0.3, 0.4) is 0 Å². The molecule has 0 fully saturated rings. The third-order valence-electron chi connectivity index (χ3n) is 3.51. The van der Waals surface area contributed by atoms with Gasteiger partial charge in [-0.15, -0.1) is 0 Å². The number of hydrogen-bond acceptors (Lipinski definition) is 3. The molecule has 2 aromatic rings. The van der Waals surface area contributed by atoms with Crippen molar-refractivity contribution in [1.29, 1.82) is 0 Å². The van der Waals surface area contributed by atoms with Crippen molar-refractivity contribution in [2.24, 2.45) is 0 Å². The Hall–Kier alpha value is -1.87. The van der Waals surface area contributed by atoms with Crippen LogP contribution in [0.4, 0.5) is 0 Å². The van der Waals surface area contributed by atoms with Crippen LogP contribution < -0.4 is 10.1 Å². The van der Waals surface area contributed by atoms with E-state index in [1.807, 2.05) is 18.2 Å². The molecule has 0 saturated carbocycles. The summed E-state index contributed by atoms with van der Waals surface area (Å²) in [5.41, 5.74) is 3.47. The Bertz CT molecular complexity index is 551. The Morgan fingerprint density at radius 2 is 1.95 bits per heavy atom. The van der Waals surface area contributed by atoms with E-state index in [1.54, 1.807) is 6.20 Å². The fourth-order valence-electron chi connectivity index (χ4n) is 2.32. The highest BCUT2D eigenvalue weighted by Gasteiger charge is 2.03. The van der Waals surface area contributed by atoms with E-state index in [0.717, 1.165) is 30.0 Å². The Balaban J connectivity index is 1.89. The quantitative estimate of drug-likeness (QED) is 0.845. The van der Waals surface area contributed by atoms with E-state index < -0.39 is 0 Å². The van der Waals surface area contributed by atoms with E-state index in [4.69, 9.17) is 4.74 Å². The minimum atomic E-state index is 0.498. The summed E-state index contributed by atoms with van der Waals surface area (Å²) in [6.07, 6.45) is 2.84. The molecule has 0 radical (unpaired) electrons. The third-order valence-corrected chi connectivity index (χ3v) is 3.51. The molecule has 1 heterocycles. The fraction of sp³-hybridized carbons (Fsp3) is 0.389. The normalized spacial score (nSPS) is 12.1. The van der Waals surface area contributed by atoms with Gasteiger partial charge in [0.15, 0.2) is 0 Å². The van der Waals surface area contributed by atoms with Crippen LogP contribution in [-0.4, -0.2) is 17.6 Å². The highest BCUT2D eigenvalue weighted by molar-refractivity contribution is 5.28. The second kappa shape index (κ2) is 7.79. The second-order valence-corrected chi connectivity index (χ2v) is 5.36. The lowest BCUT2D eigenvalue weighted by Crippen LogP contribution is -2.27. The summed E-state index contributed by atoms with van der Waals surface area (Å²) in [5.74, 6) is 0.889. The predicted molar refractivity (Wildman–Crippen MR) is 86.6 cm³/mol. The Labute approximate surface area is 127 Å². The molecule has 21 heavy (non-hydrogen) atoms. The Morgan fingerprint density at radius 3 is 2.62 bits per heavy atom. The molecule has 1 aromatic carbocycles. The third kappa shape index (κ3) is 4.87. The van der Waals surface area contributed by atoms with Crippen molar-refractivity contribution in [3.05, 3.63) is 59.4 Å². The molecular formula is C18H24N2O. The minimum Gasteiger partial charge on any atom is -0.487 e. The number of pyridine rings is 1. The number of ether oxygens (including phenoxy) is 1. The van der Waals surface area contributed by atoms with Crippen molar-refractivity contribution in [2.75, 3.05) is 6.54 Å². The summed E-state index contributed by atoms with van der Waals surface area (Å²) in [6, 6.07) is 12.8. The molecule has 0 amide bonds. The number of nitrogens with one attached hydrogen (secondary N) is 1. The molecule has 0 bridgehead atoms. The van der Waals surface area contributed by atoms with E-state index in [0.29, 0.717) is 12.6 Å². The van der Waals surface area contributed by atoms with E-state index in [9.17, 15) is 0 Å². The first-order valence-corrected chi connectivity index (χ1v) is 7.54. The van der Waals surface area contributed by atoms with Crippen molar-refractivity contribution in [3.63, 3.8) is 0 Å². The topological polar surface area (TPSA) is 34.1 Å². The Morgan fingerprint density at radius 1 is 1.19 bits per heavy atom. The van der Waals surface area contributed by atoms with Gasteiger partial charge in [-0.2, -0.15) is 0 Å². The molecule has 0 aliphatic rings. The lowest BCUT2D eigenvalue weighted by molar-refractivity contribution is 0.300. The van der Waals surface area contributed by atoms with Gasteiger partial charge in [0.2, 0.25) is 0 Å². The number of nitrogens with zero attached hydrogens (tertiary/aromatic N) is 1. The van der Waals surface area contributed by atoms with E-state index in [-0.39, 0.29) is 0 Å². The molecular weight excluding hydrogens is 260 g/mol. The summed E-state index contributed by atoms with van der Waals surface area (Å²) in [5, 5.41) is 3.42. The summed E-state index contributed by atoms with van der Waals surface area (Å²) in [4.78, 5) is 4.34. The molecule has 3 nitrogen and oxygen atoms in total. The zero-order chi connectivity index (χ0) is 15.1. The van der Waals surface area contributed by atoms with Gasteiger partial charge < -0.3 is 10.1 Å². The van der Waals surface area contributed by atoms with Crippen LogP contribution in [0.2, 0.25) is 0 Å². The molecule has 1 N–H and O–H groups in total. The molecule has 1 atom stereocenters. The van der Waals surface area contributed by atoms with Crippen molar-refractivity contribution in [1.82, 2.24) is 10.3 Å². The predicted octanol–water partition coefficient (Wildman–Crippen LogP) is 3.51. The Kier molecular flexibility index (Phi) is 5.76. The first-order chi connectivity index (χ1) is 10.2. The number of hydrogen-bond donors (Lipinski definition) is 1. The zero-order valence-corrected chi connectivity index (χ0v) is 13.1. The minimum absolute atomic E-state index is 0.498.